The molecule has 3 amide bonds. The van der Waals surface area contributed by atoms with Crippen molar-refractivity contribution in [3.05, 3.63) is 34.2 Å². The molecular formula is C21H26N4O4S. The maximum Gasteiger partial charge on any atom is 0.264 e. The summed E-state index contributed by atoms with van der Waals surface area (Å²) in [7, 11) is 0. The van der Waals surface area contributed by atoms with E-state index >= 15 is 0 Å². The lowest BCUT2D eigenvalue weighted by atomic mass is 9.94. The van der Waals surface area contributed by atoms with E-state index in [2.05, 4.69) is 10.5 Å². The van der Waals surface area contributed by atoms with Crippen LogP contribution in [-0.4, -0.2) is 58.4 Å². The second kappa shape index (κ2) is 8.99. The fourth-order valence-electron chi connectivity index (χ4n) is 4.20. The monoisotopic (exact) mass is 430 g/mol. The number of hydrogen-bond donors (Lipinski definition) is 1. The van der Waals surface area contributed by atoms with Crippen LogP contribution in [0.25, 0.3) is 0 Å². The number of nitrogens with one attached hydrogen (secondary N) is 1. The number of thiophene rings is 1. The summed E-state index contributed by atoms with van der Waals surface area (Å²) in [5.74, 6) is 0.746. The molecule has 0 saturated carbocycles. The van der Waals surface area contributed by atoms with Crippen molar-refractivity contribution >= 4 is 34.9 Å². The van der Waals surface area contributed by atoms with Crippen molar-refractivity contribution in [3.8, 4) is 0 Å². The van der Waals surface area contributed by atoms with Gasteiger partial charge in [0.1, 0.15) is 11.8 Å². The average Bonchev–Trinajstić information content (AvgIpc) is 3.45. The fraction of sp³-hybridized carbons (Fsp3) is 0.524. The van der Waals surface area contributed by atoms with E-state index in [1.54, 1.807) is 17.9 Å². The fourth-order valence-corrected chi connectivity index (χ4v) is 4.88. The molecule has 30 heavy (non-hydrogen) atoms. The van der Waals surface area contributed by atoms with Crippen LogP contribution in [0.2, 0.25) is 0 Å². The Morgan fingerprint density at radius 2 is 1.97 bits per heavy atom. The number of nitrogens with zero attached hydrogens (tertiary/aromatic N) is 3. The molecule has 2 aliphatic heterocycles. The number of anilines is 1. The van der Waals surface area contributed by atoms with Gasteiger partial charge in [-0.1, -0.05) is 11.2 Å². The molecule has 2 aromatic heterocycles. The van der Waals surface area contributed by atoms with E-state index in [1.807, 2.05) is 22.4 Å². The number of likely N-dealkylation sites (tertiary alicyclic amines) is 2. The molecule has 2 fully saturated rings. The number of aromatic nitrogens is 1. The van der Waals surface area contributed by atoms with Crippen LogP contribution >= 0.6 is 11.3 Å². The summed E-state index contributed by atoms with van der Waals surface area (Å²) in [4.78, 5) is 42.8. The molecule has 1 atom stereocenters. The molecule has 2 aliphatic rings. The van der Waals surface area contributed by atoms with E-state index in [1.165, 1.54) is 11.3 Å². The number of hydrogen-bond acceptors (Lipinski definition) is 6. The Morgan fingerprint density at radius 3 is 2.63 bits per heavy atom. The van der Waals surface area contributed by atoms with Crippen molar-refractivity contribution < 1.29 is 18.9 Å². The van der Waals surface area contributed by atoms with Crippen molar-refractivity contribution in [3.63, 3.8) is 0 Å². The number of carbonyl (C=O) groups is 3. The average molecular weight is 431 g/mol. The third-order valence-electron chi connectivity index (χ3n) is 5.84. The smallest absolute Gasteiger partial charge is 0.264 e. The molecule has 9 heteroatoms. The summed E-state index contributed by atoms with van der Waals surface area (Å²) in [6, 6.07) is 4.94. The van der Waals surface area contributed by atoms with E-state index in [0.717, 1.165) is 12.8 Å². The third kappa shape index (κ3) is 4.40. The quantitative estimate of drug-likeness (QED) is 0.805. The van der Waals surface area contributed by atoms with Crippen LogP contribution in [0.3, 0.4) is 0 Å². The Labute approximate surface area is 179 Å². The Balaban J connectivity index is 1.34. The van der Waals surface area contributed by atoms with Crippen LogP contribution in [0, 0.1) is 12.8 Å². The molecule has 0 bridgehead atoms. The van der Waals surface area contributed by atoms with Gasteiger partial charge in [-0.25, -0.2) is 0 Å². The van der Waals surface area contributed by atoms with Crippen LogP contribution in [0.5, 0.6) is 0 Å². The standard InChI is InChI=1S/C21H26N4O4S/c1-14-13-18(23-29-14)22-19(26)15-7-10-24(11-8-15)20(27)16-5-2-3-9-25(16)21(28)17-6-4-12-30-17/h4,6,12-13,15-16H,2-3,5,7-11H2,1H3,(H,22,23,26). The Bertz CT molecular complexity index is 902. The normalized spacial score (nSPS) is 20.2. The molecule has 1 N–H and O–H groups in total. The minimum absolute atomic E-state index is 0.00518. The lowest BCUT2D eigenvalue weighted by Gasteiger charge is -2.39. The van der Waals surface area contributed by atoms with E-state index in [9.17, 15) is 14.4 Å². The minimum atomic E-state index is -0.406. The van der Waals surface area contributed by atoms with E-state index in [0.29, 0.717) is 55.4 Å². The zero-order valence-corrected chi connectivity index (χ0v) is 17.8. The Hall–Kier alpha value is -2.68. The van der Waals surface area contributed by atoms with Gasteiger partial charge in [0.05, 0.1) is 4.88 Å². The molecule has 0 spiro atoms. The van der Waals surface area contributed by atoms with Crippen LogP contribution in [0.15, 0.2) is 28.1 Å². The molecule has 2 saturated heterocycles. The number of piperidine rings is 2. The molecule has 0 radical (unpaired) electrons. The van der Waals surface area contributed by atoms with Crippen molar-refractivity contribution in [2.45, 2.75) is 45.1 Å². The van der Waals surface area contributed by atoms with Gasteiger partial charge in [0.2, 0.25) is 11.8 Å². The summed E-state index contributed by atoms with van der Waals surface area (Å²) >= 11 is 1.41. The molecule has 4 heterocycles. The summed E-state index contributed by atoms with van der Waals surface area (Å²) in [6.45, 7) is 3.42. The number of amides is 3. The van der Waals surface area contributed by atoms with Gasteiger partial charge in [-0.15, -0.1) is 11.3 Å². The first-order chi connectivity index (χ1) is 14.5. The summed E-state index contributed by atoms with van der Waals surface area (Å²) in [5, 5.41) is 8.45. The first-order valence-electron chi connectivity index (χ1n) is 10.4. The van der Waals surface area contributed by atoms with Crippen molar-refractivity contribution in [1.82, 2.24) is 15.0 Å². The zero-order valence-electron chi connectivity index (χ0n) is 17.0. The minimum Gasteiger partial charge on any atom is -0.360 e. The number of carbonyl (C=O) groups excluding carboxylic acids is 3. The highest BCUT2D eigenvalue weighted by atomic mass is 32.1. The topological polar surface area (TPSA) is 95.8 Å². The van der Waals surface area contributed by atoms with Gasteiger partial charge >= 0.3 is 0 Å². The van der Waals surface area contributed by atoms with Gasteiger partial charge in [-0.3, -0.25) is 14.4 Å². The van der Waals surface area contributed by atoms with Gasteiger partial charge in [-0.05, 0) is 50.5 Å². The highest BCUT2D eigenvalue weighted by molar-refractivity contribution is 7.12. The maximum absolute atomic E-state index is 13.2. The van der Waals surface area contributed by atoms with Crippen molar-refractivity contribution in [1.29, 1.82) is 0 Å². The third-order valence-corrected chi connectivity index (χ3v) is 6.70. The number of aryl methyl sites for hydroxylation is 1. The molecule has 1 unspecified atom stereocenters. The van der Waals surface area contributed by atoms with Crippen LogP contribution < -0.4 is 5.32 Å². The van der Waals surface area contributed by atoms with Crippen LogP contribution in [0.1, 0.15) is 47.5 Å². The van der Waals surface area contributed by atoms with Gasteiger partial charge in [0, 0.05) is 31.6 Å². The highest BCUT2D eigenvalue weighted by Crippen LogP contribution is 2.26. The molecular weight excluding hydrogens is 404 g/mol. The maximum atomic E-state index is 13.2. The molecule has 2 aromatic rings. The predicted octanol–water partition coefficient (Wildman–Crippen LogP) is 2.92. The molecule has 8 nitrogen and oxygen atoms in total. The predicted molar refractivity (Wildman–Crippen MR) is 112 cm³/mol. The summed E-state index contributed by atoms with van der Waals surface area (Å²) < 4.78 is 4.98. The van der Waals surface area contributed by atoms with E-state index in [-0.39, 0.29) is 23.6 Å². The highest BCUT2D eigenvalue weighted by Gasteiger charge is 2.37. The zero-order chi connectivity index (χ0) is 21.1. The van der Waals surface area contributed by atoms with Gasteiger partial charge in [0.15, 0.2) is 5.82 Å². The van der Waals surface area contributed by atoms with Gasteiger partial charge < -0.3 is 19.6 Å². The first-order valence-corrected chi connectivity index (χ1v) is 11.3. The summed E-state index contributed by atoms with van der Waals surface area (Å²) in [5.41, 5.74) is 0. The summed E-state index contributed by atoms with van der Waals surface area (Å²) in [6.07, 6.45) is 3.76. The Morgan fingerprint density at radius 1 is 1.17 bits per heavy atom. The van der Waals surface area contributed by atoms with Crippen LogP contribution in [0.4, 0.5) is 5.82 Å². The van der Waals surface area contributed by atoms with Crippen molar-refractivity contribution in [2.24, 2.45) is 5.92 Å². The largest absolute Gasteiger partial charge is 0.360 e. The van der Waals surface area contributed by atoms with Gasteiger partial charge in [0.25, 0.3) is 5.91 Å². The second-order valence-corrected chi connectivity index (χ2v) is 8.85. The SMILES string of the molecule is Cc1cc(NC(=O)C2CCN(C(=O)C3CCCCN3C(=O)c3cccs3)CC2)no1. The second-order valence-electron chi connectivity index (χ2n) is 7.90. The Kier molecular flexibility index (Phi) is 6.17. The molecule has 4 rings (SSSR count). The lowest BCUT2D eigenvalue weighted by Crippen LogP contribution is -2.54. The lowest BCUT2D eigenvalue weighted by molar-refractivity contribution is -0.139. The number of rotatable bonds is 4. The molecule has 0 aromatic carbocycles. The van der Waals surface area contributed by atoms with E-state index in [4.69, 9.17) is 4.52 Å². The molecule has 0 aliphatic carbocycles. The first kappa shape index (κ1) is 20.6. The van der Waals surface area contributed by atoms with Crippen molar-refractivity contribution in [2.75, 3.05) is 25.0 Å². The van der Waals surface area contributed by atoms with Crippen LogP contribution in [-0.2, 0) is 9.59 Å². The van der Waals surface area contributed by atoms with Gasteiger partial charge in [-0.2, -0.15) is 0 Å². The van der Waals surface area contributed by atoms with E-state index < -0.39 is 6.04 Å². The molecule has 160 valence electrons.